The van der Waals surface area contributed by atoms with Gasteiger partial charge in [0.15, 0.2) is 0 Å². The smallest absolute Gasteiger partial charge is 0.335 e. The van der Waals surface area contributed by atoms with E-state index >= 15 is 0 Å². The standard InChI is InChI=1S/C31H33N5O5/c1-20-18-23(9-11-24(20)29(37)34-41-17-16-36-14-12-35(2)13-15-36)32-28(21-6-4-3-5-7-21)27-25-10-8-22(31(39)40)19-26(25)33-30(27)38/h3-11,18-19,32H,12-17H2,1-2H3,(H,33,38)(H,34,37)(H,39,40)/b28-27+. The number of carbonyl (C=O) groups excluding carboxylic acids is 2. The highest BCUT2D eigenvalue weighted by Crippen LogP contribution is 2.38. The largest absolute Gasteiger partial charge is 0.478 e. The minimum absolute atomic E-state index is 0.0901. The first-order valence-electron chi connectivity index (χ1n) is 13.5. The Morgan fingerprint density at radius 1 is 0.976 bits per heavy atom. The molecule has 4 N–H and O–H groups in total. The number of hydrogen-bond acceptors (Lipinski definition) is 7. The normalized spacial score (nSPS) is 16.6. The summed E-state index contributed by atoms with van der Waals surface area (Å²) in [5.41, 5.74) is 7.32. The average molecular weight is 556 g/mol. The second-order valence-corrected chi connectivity index (χ2v) is 10.2. The molecule has 0 spiro atoms. The highest BCUT2D eigenvalue weighted by atomic mass is 16.7. The molecule has 2 heterocycles. The molecule has 3 aromatic rings. The number of piperazine rings is 1. The predicted molar refractivity (Wildman–Crippen MR) is 157 cm³/mol. The first-order valence-corrected chi connectivity index (χ1v) is 13.5. The van der Waals surface area contributed by atoms with Gasteiger partial charge in [0.1, 0.15) is 0 Å². The summed E-state index contributed by atoms with van der Waals surface area (Å²) in [7, 11) is 2.11. The second-order valence-electron chi connectivity index (χ2n) is 10.2. The van der Waals surface area contributed by atoms with Crippen molar-refractivity contribution in [1.29, 1.82) is 0 Å². The van der Waals surface area contributed by atoms with E-state index < -0.39 is 5.97 Å². The number of anilines is 2. The number of benzene rings is 3. The third kappa shape index (κ3) is 6.46. The van der Waals surface area contributed by atoms with E-state index in [4.69, 9.17) is 4.84 Å². The highest BCUT2D eigenvalue weighted by Gasteiger charge is 2.29. The summed E-state index contributed by atoms with van der Waals surface area (Å²) >= 11 is 0. The first-order chi connectivity index (χ1) is 19.8. The zero-order chi connectivity index (χ0) is 28.9. The van der Waals surface area contributed by atoms with Crippen molar-refractivity contribution in [1.82, 2.24) is 15.3 Å². The van der Waals surface area contributed by atoms with Crippen LogP contribution in [0.1, 0.15) is 37.4 Å². The molecule has 1 fully saturated rings. The molecule has 0 saturated carbocycles. The molecule has 10 nitrogen and oxygen atoms in total. The Morgan fingerprint density at radius 2 is 1.73 bits per heavy atom. The fourth-order valence-corrected chi connectivity index (χ4v) is 5.00. The fourth-order valence-electron chi connectivity index (χ4n) is 5.00. The lowest BCUT2D eigenvalue weighted by atomic mass is 9.98. The van der Waals surface area contributed by atoms with E-state index in [1.807, 2.05) is 43.3 Å². The van der Waals surface area contributed by atoms with Gasteiger partial charge in [-0.25, -0.2) is 10.3 Å². The van der Waals surface area contributed by atoms with E-state index in [1.54, 1.807) is 18.2 Å². The first kappa shape index (κ1) is 28.0. The van der Waals surface area contributed by atoms with Crippen molar-refractivity contribution < 1.29 is 24.3 Å². The number of fused-ring (bicyclic) bond motifs is 1. The molecule has 0 radical (unpaired) electrons. The number of hydroxylamine groups is 1. The van der Waals surface area contributed by atoms with E-state index in [2.05, 4.69) is 33.0 Å². The molecule has 0 aromatic heterocycles. The number of hydrogen-bond donors (Lipinski definition) is 4. The minimum Gasteiger partial charge on any atom is -0.478 e. The molecule has 0 unspecified atom stereocenters. The molecule has 0 aliphatic carbocycles. The summed E-state index contributed by atoms with van der Waals surface area (Å²) < 4.78 is 0. The van der Waals surface area contributed by atoms with Crippen LogP contribution in [0.15, 0.2) is 66.7 Å². The molecule has 10 heteroatoms. The molecule has 3 aromatic carbocycles. The van der Waals surface area contributed by atoms with Crippen molar-refractivity contribution in [2.45, 2.75) is 6.92 Å². The van der Waals surface area contributed by atoms with Gasteiger partial charge in [-0.1, -0.05) is 36.4 Å². The van der Waals surface area contributed by atoms with Crippen LogP contribution in [0.2, 0.25) is 0 Å². The van der Waals surface area contributed by atoms with Crippen LogP contribution < -0.4 is 16.1 Å². The summed E-state index contributed by atoms with van der Waals surface area (Å²) in [6.07, 6.45) is 0. The van der Waals surface area contributed by atoms with Crippen LogP contribution in [0.4, 0.5) is 11.4 Å². The van der Waals surface area contributed by atoms with E-state index in [9.17, 15) is 19.5 Å². The van der Waals surface area contributed by atoms with Crippen molar-refractivity contribution in [3.63, 3.8) is 0 Å². The third-order valence-corrected chi connectivity index (χ3v) is 7.33. The van der Waals surface area contributed by atoms with E-state index in [0.717, 1.165) is 43.9 Å². The molecular weight excluding hydrogens is 522 g/mol. The van der Waals surface area contributed by atoms with Crippen LogP contribution in [0.5, 0.6) is 0 Å². The van der Waals surface area contributed by atoms with Crippen LogP contribution in [0, 0.1) is 6.92 Å². The summed E-state index contributed by atoms with van der Waals surface area (Å²) in [5.74, 6) is -1.73. The predicted octanol–water partition coefficient (Wildman–Crippen LogP) is 3.53. The van der Waals surface area contributed by atoms with Crippen LogP contribution in [0.25, 0.3) is 11.3 Å². The number of nitrogens with zero attached hydrogens (tertiary/aromatic N) is 2. The van der Waals surface area contributed by atoms with Crippen molar-refractivity contribution in [3.05, 3.63) is 94.5 Å². The van der Waals surface area contributed by atoms with Gasteiger partial charge in [0.25, 0.3) is 11.8 Å². The molecule has 5 rings (SSSR count). The molecular formula is C31H33N5O5. The Morgan fingerprint density at radius 3 is 2.44 bits per heavy atom. The maximum absolute atomic E-state index is 13.1. The van der Waals surface area contributed by atoms with Gasteiger partial charge >= 0.3 is 5.97 Å². The number of amides is 2. The maximum Gasteiger partial charge on any atom is 0.335 e. The fraction of sp³-hybridized carbons (Fsp3) is 0.258. The number of carboxylic acids is 1. The van der Waals surface area contributed by atoms with Crippen molar-refractivity contribution in [2.24, 2.45) is 0 Å². The molecule has 2 amide bonds. The molecule has 212 valence electrons. The summed E-state index contributed by atoms with van der Waals surface area (Å²) in [5, 5.41) is 15.5. The number of carboxylic acid groups (broad SMARTS) is 1. The zero-order valence-electron chi connectivity index (χ0n) is 23.1. The Hall–Kier alpha value is -4.51. The molecule has 2 aliphatic heterocycles. The van der Waals surface area contributed by atoms with Gasteiger partial charge in [0.2, 0.25) is 0 Å². The summed E-state index contributed by atoms with van der Waals surface area (Å²) in [4.78, 5) is 47.4. The Kier molecular flexibility index (Phi) is 8.44. The highest BCUT2D eigenvalue weighted by molar-refractivity contribution is 6.37. The van der Waals surface area contributed by atoms with E-state index in [-0.39, 0.29) is 17.4 Å². The SMILES string of the molecule is Cc1cc(N/C(=C2/C(=O)Nc3cc(C(=O)O)ccc32)c2ccccc2)ccc1C(=O)NOCCN1CCN(C)CC1. The molecule has 0 bridgehead atoms. The lowest BCUT2D eigenvalue weighted by molar-refractivity contribution is -0.110. The van der Waals surface area contributed by atoms with E-state index in [1.165, 1.54) is 12.1 Å². The van der Waals surface area contributed by atoms with Crippen molar-refractivity contribution in [3.8, 4) is 0 Å². The average Bonchev–Trinajstić information content (AvgIpc) is 3.30. The third-order valence-electron chi connectivity index (χ3n) is 7.33. The van der Waals surface area contributed by atoms with Crippen LogP contribution in [-0.2, 0) is 9.63 Å². The summed E-state index contributed by atoms with van der Waals surface area (Å²) in [6, 6.07) is 19.3. The van der Waals surface area contributed by atoms with Gasteiger partial charge < -0.3 is 20.6 Å². The number of aryl methyl sites for hydroxylation is 1. The second kappa shape index (κ2) is 12.3. The molecule has 0 atom stereocenters. The lowest BCUT2D eigenvalue weighted by Crippen LogP contribution is -2.45. The molecule has 1 saturated heterocycles. The van der Waals surface area contributed by atoms with Crippen molar-refractivity contribution in [2.75, 3.05) is 57.0 Å². The van der Waals surface area contributed by atoms with Gasteiger partial charge in [0, 0.05) is 49.5 Å². The minimum atomic E-state index is -1.07. The van der Waals surface area contributed by atoms with Gasteiger partial charge in [-0.15, -0.1) is 0 Å². The number of likely N-dealkylation sites (N-methyl/N-ethyl adjacent to an activating group) is 1. The summed E-state index contributed by atoms with van der Waals surface area (Å²) in [6.45, 7) is 7.01. The Labute approximate surface area is 238 Å². The van der Waals surface area contributed by atoms with Gasteiger partial charge in [-0.3, -0.25) is 19.3 Å². The van der Waals surface area contributed by atoms with Gasteiger partial charge in [-0.05, 0) is 55.4 Å². The molecule has 41 heavy (non-hydrogen) atoms. The lowest BCUT2D eigenvalue weighted by Gasteiger charge is -2.32. The van der Waals surface area contributed by atoms with Gasteiger partial charge in [0.05, 0.1) is 29.1 Å². The Bertz CT molecular complexity index is 1500. The zero-order valence-corrected chi connectivity index (χ0v) is 23.1. The van der Waals surface area contributed by atoms with Crippen LogP contribution in [-0.4, -0.2) is 79.1 Å². The number of nitrogens with one attached hydrogen (secondary N) is 3. The number of aromatic carboxylic acids is 1. The number of rotatable bonds is 9. The quantitative estimate of drug-likeness (QED) is 0.180. The van der Waals surface area contributed by atoms with Crippen LogP contribution in [0.3, 0.4) is 0 Å². The monoisotopic (exact) mass is 555 g/mol. The number of carbonyl (C=O) groups is 3. The van der Waals surface area contributed by atoms with Gasteiger partial charge in [-0.2, -0.15) is 0 Å². The van der Waals surface area contributed by atoms with Crippen LogP contribution >= 0.6 is 0 Å². The maximum atomic E-state index is 13.1. The topological polar surface area (TPSA) is 123 Å². The van der Waals surface area contributed by atoms with Crippen molar-refractivity contribution >= 4 is 40.4 Å². The molecule has 2 aliphatic rings. The Balaban J connectivity index is 1.33. The van der Waals surface area contributed by atoms with E-state index in [0.29, 0.717) is 40.4 Å².